The Hall–Kier alpha value is -0.980. The minimum absolute atomic E-state index is 0. The molecule has 2 aliphatic rings. The summed E-state index contributed by atoms with van der Waals surface area (Å²) in [5, 5.41) is 11.9. The molecule has 0 aromatic carbocycles. The van der Waals surface area contributed by atoms with Crippen LogP contribution in [0.25, 0.3) is 0 Å². The Labute approximate surface area is 209 Å². The van der Waals surface area contributed by atoms with E-state index in [0.29, 0.717) is 12.6 Å². The van der Waals surface area contributed by atoms with E-state index < -0.39 is 0 Å². The molecule has 1 N–H and O–H groups in total. The first-order valence-electron chi connectivity index (χ1n) is 11.9. The van der Waals surface area contributed by atoms with Crippen LogP contribution in [-0.4, -0.2) is 83.9 Å². The van der Waals surface area contributed by atoms with E-state index in [1.807, 2.05) is 25.5 Å². The number of aryl methyl sites for hydroxylation is 1. The molecule has 1 aromatic heterocycles. The maximum absolute atomic E-state index is 6.17. The van der Waals surface area contributed by atoms with E-state index in [9.17, 15) is 0 Å². The van der Waals surface area contributed by atoms with Crippen LogP contribution >= 0.6 is 24.0 Å². The second kappa shape index (κ2) is 15.0. The van der Waals surface area contributed by atoms with Gasteiger partial charge in [-0.3, -0.25) is 0 Å². The molecule has 0 radical (unpaired) electrons. The Bertz CT molecular complexity index is 673. The first kappa shape index (κ1) is 27.3. The second-order valence-corrected chi connectivity index (χ2v) is 8.35. The first-order valence-corrected chi connectivity index (χ1v) is 11.9. The van der Waals surface area contributed by atoms with Crippen LogP contribution < -0.4 is 5.32 Å². The number of aromatic nitrogens is 3. The van der Waals surface area contributed by atoms with E-state index in [-0.39, 0.29) is 30.1 Å². The Morgan fingerprint density at radius 2 is 2.03 bits per heavy atom. The number of piperidine rings is 1. The average Bonchev–Trinajstić information content (AvgIpc) is 3.13. The number of nitrogens with one attached hydrogen (secondary N) is 1. The lowest BCUT2D eigenvalue weighted by atomic mass is 10.1. The van der Waals surface area contributed by atoms with Crippen LogP contribution in [0.4, 0.5) is 0 Å². The number of likely N-dealkylation sites (tertiary alicyclic amines) is 1. The van der Waals surface area contributed by atoms with E-state index in [4.69, 9.17) is 19.2 Å². The van der Waals surface area contributed by atoms with Gasteiger partial charge in [0, 0.05) is 46.5 Å². The number of rotatable bonds is 10. The van der Waals surface area contributed by atoms with Crippen LogP contribution in [0.1, 0.15) is 57.1 Å². The highest BCUT2D eigenvalue weighted by Gasteiger charge is 2.24. The molecule has 10 heteroatoms. The van der Waals surface area contributed by atoms with Gasteiger partial charge in [0.2, 0.25) is 0 Å². The van der Waals surface area contributed by atoms with Crippen LogP contribution in [0.2, 0.25) is 0 Å². The zero-order valence-electron chi connectivity index (χ0n) is 19.9. The van der Waals surface area contributed by atoms with Gasteiger partial charge in [-0.2, -0.15) is 0 Å². The summed E-state index contributed by atoms with van der Waals surface area (Å²) in [4.78, 5) is 7.19. The van der Waals surface area contributed by atoms with Crippen molar-refractivity contribution >= 4 is 29.9 Å². The maximum Gasteiger partial charge on any atom is 0.194 e. The molecular formula is C22H41IN6O3. The van der Waals surface area contributed by atoms with Crippen LogP contribution in [0.3, 0.4) is 0 Å². The Kier molecular flexibility index (Phi) is 12.8. The Morgan fingerprint density at radius 3 is 2.69 bits per heavy atom. The van der Waals surface area contributed by atoms with Crippen molar-refractivity contribution in [3.8, 4) is 0 Å². The number of nitrogens with zero attached hydrogens (tertiary/aromatic N) is 5. The molecule has 3 heterocycles. The molecule has 0 amide bonds. The molecule has 0 saturated carbocycles. The predicted octanol–water partition coefficient (Wildman–Crippen LogP) is 2.66. The maximum atomic E-state index is 6.17. The fourth-order valence-corrected chi connectivity index (χ4v) is 3.94. The lowest BCUT2D eigenvalue weighted by Crippen LogP contribution is -2.47. The summed E-state index contributed by atoms with van der Waals surface area (Å²) in [6, 6.07) is 0. The number of hydrogen-bond donors (Lipinski definition) is 1. The van der Waals surface area contributed by atoms with E-state index in [1.165, 1.54) is 12.8 Å². The third kappa shape index (κ3) is 8.75. The first-order chi connectivity index (χ1) is 15.2. The second-order valence-electron chi connectivity index (χ2n) is 8.35. The van der Waals surface area contributed by atoms with Gasteiger partial charge < -0.3 is 29.0 Å². The lowest BCUT2D eigenvalue weighted by molar-refractivity contribution is -0.0721. The van der Waals surface area contributed by atoms with Crippen molar-refractivity contribution < 1.29 is 14.2 Å². The molecule has 1 atom stereocenters. The largest absolute Gasteiger partial charge is 0.382 e. The quantitative estimate of drug-likeness (QED) is 0.203. The van der Waals surface area contributed by atoms with Crippen LogP contribution in [-0.2, 0) is 27.8 Å². The molecule has 2 saturated heterocycles. The molecule has 184 valence electrons. The van der Waals surface area contributed by atoms with Crippen molar-refractivity contribution in [1.82, 2.24) is 25.0 Å². The molecule has 1 aromatic rings. The molecule has 0 bridgehead atoms. The summed E-state index contributed by atoms with van der Waals surface area (Å²) in [7, 11) is 1.98. The van der Waals surface area contributed by atoms with Gasteiger partial charge in [-0.25, -0.2) is 4.99 Å². The highest BCUT2D eigenvalue weighted by molar-refractivity contribution is 14.0. The summed E-state index contributed by atoms with van der Waals surface area (Å²) in [5.41, 5.74) is 0. The number of ether oxygens (including phenoxy) is 3. The van der Waals surface area contributed by atoms with Gasteiger partial charge in [-0.1, -0.05) is 0 Å². The number of halogens is 1. The highest BCUT2D eigenvalue weighted by atomic mass is 127. The molecule has 2 aliphatic heterocycles. The summed E-state index contributed by atoms with van der Waals surface area (Å²) >= 11 is 0. The lowest BCUT2D eigenvalue weighted by Gasteiger charge is -2.35. The third-order valence-corrected chi connectivity index (χ3v) is 6.04. The van der Waals surface area contributed by atoms with E-state index >= 15 is 0 Å². The molecule has 0 aliphatic carbocycles. The predicted molar refractivity (Wildman–Crippen MR) is 136 cm³/mol. The van der Waals surface area contributed by atoms with Crippen molar-refractivity contribution in [3.63, 3.8) is 0 Å². The third-order valence-electron chi connectivity index (χ3n) is 6.04. The summed E-state index contributed by atoms with van der Waals surface area (Å²) in [6.45, 7) is 10.3. The summed E-state index contributed by atoms with van der Waals surface area (Å²) in [6.07, 6.45) is 7.13. The van der Waals surface area contributed by atoms with Crippen molar-refractivity contribution in [1.29, 1.82) is 0 Å². The zero-order chi connectivity index (χ0) is 21.9. The standard InChI is InChI=1S/C22H40N6O3.HI/c1-4-29-14-7-11-23-22(24-16-21-26-25-18(2)27(21)3)28-12-9-19(10-13-28)31-17-20-8-5-6-15-30-20;/h19-20H,4-17H2,1-3H3,(H,23,24);1H. The SMILES string of the molecule is CCOCCCNC(=NCc1nnc(C)n1C)N1CCC(OCC2CCCCO2)CC1.I. The zero-order valence-corrected chi connectivity index (χ0v) is 22.3. The van der Waals surface area contributed by atoms with Gasteiger partial charge in [0.25, 0.3) is 0 Å². The monoisotopic (exact) mass is 564 g/mol. The molecular weight excluding hydrogens is 523 g/mol. The van der Waals surface area contributed by atoms with E-state index in [0.717, 1.165) is 89.4 Å². The molecule has 1 unspecified atom stereocenters. The molecule has 32 heavy (non-hydrogen) atoms. The number of aliphatic imine (C=N–C) groups is 1. The van der Waals surface area contributed by atoms with E-state index in [1.54, 1.807) is 0 Å². The van der Waals surface area contributed by atoms with Crippen molar-refractivity contribution in [3.05, 3.63) is 11.6 Å². The van der Waals surface area contributed by atoms with Crippen LogP contribution in [0.5, 0.6) is 0 Å². The highest BCUT2D eigenvalue weighted by Crippen LogP contribution is 2.18. The average molecular weight is 565 g/mol. The van der Waals surface area contributed by atoms with Crippen LogP contribution in [0, 0.1) is 6.92 Å². The Morgan fingerprint density at radius 1 is 1.22 bits per heavy atom. The number of guanidine groups is 1. The van der Waals surface area contributed by atoms with Gasteiger partial charge in [0.1, 0.15) is 12.4 Å². The van der Waals surface area contributed by atoms with E-state index in [2.05, 4.69) is 20.4 Å². The van der Waals surface area contributed by atoms with Gasteiger partial charge in [0.05, 0.1) is 18.8 Å². The minimum atomic E-state index is 0. The molecule has 2 fully saturated rings. The van der Waals surface area contributed by atoms with Gasteiger partial charge in [-0.05, 0) is 52.4 Å². The summed E-state index contributed by atoms with van der Waals surface area (Å²) < 4.78 is 19.4. The summed E-state index contributed by atoms with van der Waals surface area (Å²) in [5.74, 6) is 2.71. The normalized spacial score (nSPS) is 20.3. The van der Waals surface area contributed by atoms with Crippen LogP contribution in [0.15, 0.2) is 4.99 Å². The fourth-order valence-electron chi connectivity index (χ4n) is 3.94. The van der Waals surface area contributed by atoms with Crippen molar-refractivity contribution in [2.75, 3.05) is 46.1 Å². The van der Waals surface area contributed by atoms with Crippen molar-refractivity contribution in [2.24, 2.45) is 12.0 Å². The van der Waals surface area contributed by atoms with Gasteiger partial charge in [-0.15, -0.1) is 34.2 Å². The molecule has 3 rings (SSSR count). The van der Waals surface area contributed by atoms with Gasteiger partial charge >= 0.3 is 0 Å². The molecule has 9 nitrogen and oxygen atoms in total. The minimum Gasteiger partial charge on any atom is -0.382 e. The number of hydrogen-bond acceptors (Lipinski definition) is 6. The Balaban J connectivity index is 0.00000363. The fraction of sp³-hybridized carbons (Fsp3) is 0.864. The van der Waals surface area contributed by atoms with Crippen molar-refractivity contribution in [2.45, 2.75) is 71.1 Å². The topological polar surface area (TPSA) is 86.0 Å². The molecule has 0 spiro atoms. The smallest absolute Gasteiger partial charge is 0.194 e. The van der Waals surface area contributed by atoms with Gasteiger partial charge in [0.15, 0.2) is 11.8 Å².